The number of para-hydroxylation sites is 1. The minimum atomic E-state index is -3.47. The van der Waals surface area contributed by atoms with Crippen LogP contribution in [0, 0.1) is 20.8 Å². The summed E-state index contributed by atoms with van der Waals surface area (Å²) in [5.74, 6) is 0.586. The van der Waals surface area contributed by atoms with Crippen LogP contribution in [0.1, 0.15) is 47.6 Å². The number of hydrogen-bond donors (Lipinski definition) is 1. The lowest BCUT2D eigenvalue weighted by molar-refractivity contribution is -0.233. The van der Waals surface area contributed by atoms with Crippen molar-refractivity contribution < 1.29 is 23.0 Å². The molecule has 4 rings (SSSR count). The van der Waals surface area contributed by atoms with E-state index in [0.29, 0.717) is 27.4 Å². The Morgan fingerprint density at radius 1 is 1.25 bits per heavy atom. The quantitative estimate of drug-likeness (QED) is 0.212. The number of benzene rings is 2. The smallest absolute Gasteiger partial charge is 0.359 e. The van der Waals surface area contributed by atoms with Crippen molar-refractivity contribution in [3.05, 3.63) is 88.6 Å². The molecule has 0 fully saturated rings. The van der Waals surface area contributed by atoms with E-state index in [1.165, 1.54) is 6.33 Å². The summed E-state index contributed by atoms with van der Waals surface area (Å²) in [7, 11) is 0. The molecule has 0 unspecified atom stereocenters. The zero-order valence-electron chi connectivity index (χ0n) is 22.7. The molecule has 1 N–H and O–H groups in total. The number of halogens is 3. The summed E-state index contributed by atoms with van der Waals surface area (Å²) in [5, 5.41) is 8.33. The number of pyridine rings is 1. The highest BCUT2D eigenvalue weighted by atomic mass is 35.5. The van der Waals surface area contributed by atoms with Gasteiger partial charge in [0.15, 0.2) is 0 Å². The molecule has 0 radical (unpaired) electrons. The van der Waals surface area contributed by atoms with E-state index in [0.717, 1.165) is 34.2 Å². The summed E-state index contributed by atoms with van der Waals surface area (Å²) >= 11 is 6.63. The number of alkyl halides is 2. The van der Waals surface area contributed by atoms with Gasteiger partial charge in [0, 0.05) is 21.7 Å². The van der Waals surface area contributed by atoms with Gasteiger partial charge in [0.05, 0.1) is 18.2 Å². The van der Waals surface area contributed by atoms with Crippen molar-refractivity contribution in [2.45, 2.75) is 52.9 Å². The molecule has 2 aromatic carbocycles. The SMILES string of the molecule is C=CCC(F)(F)OCC(=O)N[C@@H](C)c1cc(C)cc(Cl)c1COc1cccc2c(-n3ncnc3C)cc(C)nc12. The van der Waals surface area contributed by atoms with Crippen LogP contribution in [-0.4, -0.2) is 38.4 Å². The van der Waals surface area contributed by atoms with Crippen molar-refractivity contribution in [1.29, 1.82) is 0 Å². The van der Waals surface area contributed by atoms with Crippen LogP contribution in [0.4, 0.5) is 8.78 Å². The average Bonchev–Trinajstić information content (AvgIpc) is 3.31. The number of fused-ring (bicyclic) bond motifs is 1. The topological polar surface area (TPSA) is 91.2 Å². The third kappa shape index (κ3) is 6.63. The molecule has 2 heterocycles. The lowest BCUT2D eigenvalue weighted by Gasteiger charge is -2.21. The Labute approximate surface area is 236 Å². The van der Waals surface area contributed by atoms with Crippen LogP contribution < -0.4 is 10.1 Å². The highest BCUT2D eigenvalue weighted by Crippen LogP contribution is 2.32. The molecule has 0 saturated carbocycles. The van der Waals surface area contributed by atoms with Crippen molar-refractivity contribution in [3.8, 4) is 11.4 Å². The van der Waals surface area contributed by atoms with Gasteiger partial charge < -0.3 is 14.8 Å². The maximum atomic E-state index is 13.6. The molecule has 210 valence electrons. The van der Waals surface area contributed by atoms with E-state index >= 15 is 0 Å². The largest absolute Gasteiger partial charge is 0.487 e. The van der Waals surface area contributed by atoms with Gasteiger partial charge >= 0.3 is 6.11 Å². The molecule has 1 amide bonds. The minimum absolute atomic E-state index is 0.0784. The first-order valence-corrected chi connectivity index (χ1v) is 13.0. The monoisotopic (exact) mass is 569 g/mol. The Morgan fingerprint density at radius 3 is 2.73 bits per heavy atom. The van der Waals surface area contributed by atoms with Gasteiger partial charge in [0.2, 0.25) is 5.91 Å². The van der Waals surface area contributed by atoms with Gasteiger partial charge in [-0.25, -0.2) is 14.6 Å². The first-order valence-electron chi connectivity index (χ1n) is 12.6. The van der Waals surface area contributed by atoms with Gasteiger partial charge in [0.25, 0.3) is 0 Å². The summed E-state index contributed by atoms with van der Waals surface area (Å²) < 4.78 is 39.7. The molecule has 0 aliphatic heterocycles. The Balaban J connectivity index is 1.59. The summed E-state index contributed by atoms with van der Waals surface area (Å²) in [5.41, 5.74) is 4.47. The first-order chi connectivity index (χ1) is 19.0. The van der Waals surface area contributed by atoms with E-state index in [2.05, 4.69) is 26.7 Å². The Kier molecular flexibility index (Phi) is 8.80. The molecule has 1 atom stereocenters. The zero-order chi connectivity index (χ0) is 29.0. The van der Waals surface area contributed by atoms with E-state index in [4.69, 9.17) is 21.3 Å². The molecule has 0 bridgehead atoms. The minimum Gasteiger partial charge on any atom is -0.487 e. The van der Waals surface area contributed by atoms with Crippen molar-refractivity contribution in [3.63, 3.8) is 0 Å². The number of aromatic nitrogens is 4. The number of carbonyl (C=O) groups excluding carboxylic acids is 1. The molecule has 40 heavy (non-hydrogen) atoms. The summed E-state index contributed by atoms with van der Waals surface area (Å²) in [6.45, 7) is 9.92. The van der Waals surface area contributed by atoms with Crippen molar-refractivity contribution >= 4 is 28.4 Å². The van der Waals surface area contributed by atoms with Gasteiger partial charge in [-0.2, -0.15) is 13.9 Å². The molecule has 2 aromatic heterocycles. The van der Waals surface area contributed by atoms with E-state index < -0.39 is 31.1 Å². The lowest BCUT2D eigenvalue weighted by Crippen LogP contribution is -2.34. The fraction of sp³-hybridized carbons (Fsp3) is 0.310. The van der Waals surface area contributed by atoms with Crippen molar-refractivity contribution in [2.24, 2.45) is 0 Å². The fourth-order valence-electron chi connectivity index (χ4n) is 4.40. The van der Waals surface area contributed by atoms with Crippen LogP contribution in [0.3, 0.4) is 0 Å². The van der Waals surface area contributed by atoms with E-state index in [1.54, 1.807) is 17.7 Å². The highest BCUT2D eigenvalue weighted by molar-refractivity contribution is 6.31. The van der Waals surface area contributed by atoms with E-state index in [1.807, 2.05) is 51.1 Å². The molecule has 0 saturated heterocycles. The predicted octanol–water partition coefficient (Wildman–Crippen LogP) is 6.34. The Hall–Kier alpha value is -3.89. The van der Waals surface area contributed by atoms with Crippen LogP contribution >= 0.6 is 11.6 Å². The number of hydrogen-bond acceptors (Lipinski definition) is 6. The molecular formula is C29H30ClF2N5O3. The number of ether oxygens (including phenoxy) is 2. The van der Waals surface area contributed by atoms with Gasteiger partial charge in [0.1, 0.15) is 36.6 Å². The first kappa shape index (κ1) is 29.1. The molecule has 0 aliphatic carbocycles. The molecule has 0 spiro atoms. The van der Waals surface area contributed by atoms with Crippen molar-refractivity contribution in [1.82, 2.24) is 25.1 Å². The van der Waals surface area contributed by atoms with Crippen LogP contribution in [0.5, 0.6) is 5.75 Å². The second-order valence-electron chi connectivity index (χ2n) is 9.47. The third-order valence-electron chi connectivity index (χ3n) is 6.24. The molecular weight excluding hydrogens is 540 g/mol. The van der Waals surface area contributed by atoms with Crippen LogP contribution in [0.2, 0.25) is 5.02 Å². The molecule has 8 nitrogen and oxygen atoms in total. The Bertz CT molecular complexity index is 1560. The van der Waals surface area contributed by atoms with Gasteiger partial charge in [-0.3, -0.25) is 4.79 Å². The number of nitrogens with zero attached hydrogens (tertiary/aromatic N) is 4. The second-order valence-corrected chi connectivity index (χ2v) is 9.87. The maximum absolute atomic E-state index is 13.6. The van der Waals surface area contributed by atoms with E-state index in [9.17, 15) is 13.6 Å². The molecule has 11 heteroatoms. The standard InChI is InChI=1S/C29H30ClF2N5O3/c1-6-10-29(31,32)40-15-27(38)36-19(4)22-11-17(2)12-24(30)23(22)14-39-26-9-7-8-21-25(13-18(3)35-28(21)26)37-20(5)33-16-34-37/h6-9,11-13,16,19H,1,10,14-15H2,2-5H3,(H,36,38)/t19-/m0/s1. The predicted molar refractivity (Wildman–Crippen MR) is 149 cm³/mol. The van der Waals surface area contributed by atoms with Crippen LogP contribution in [0.15, 0.2) is 55.4 Å². The summed E-state index contributed by atoms with van der Waals surface area (Å²) in [4.78, 5) is 21.3. The van der Waals surface area contributed by atoms with Gasteiger partial charge in [-0.1, -0.05) is 35.9 Å². The van der Waals surface area contributed by atoms with Gasteiger partial charge in [-0.15, -0.1) is 6.58 Å². The summed E-state index contributed by atoms with van der Waals surface area (Å²) in [6, 6.07) is 10.7. The fourth-order valence-corrected chi connectivity index (χ4v) is 4.74. The zero-order valence-corrected chi connectivity index (χ0v) is 23.4. The molecule has 4 aromatic rings. The normalized spacial score (nSPS) is 12.4. The number of amides is 1. The third-order valence-corrected chi connectivity index (χ3v) is 6.58. The van der Waals surface area contributed by atoms with Gasteiger partial charge in [-0.05, 0) is 57.0 Å². The average molecular weight is 570 g/mol. The molecule has 0 aliphatic rings. The lowest BCUT2D eigenvalue weighted by atomic mass is 9.99. The second kappa shape index (κ2) is 12.1. The maximum Gasteiger partial charge on any atom is 0.359 e. The highest BCUT2D eigenvalue weighted by Gasteiger charge is 2.29. The van der Waals surface area contributed by atoms with Crippen molar-refractivity contribution in [2.75, 3.05) is 6.61 Å². The van der Waals surface area contributed by atoms with E-state index in [-0.39, 0.29) is 6.61 Å². The number of rotatable bonds is 11. The number of carbonyl (C=O) groups is 1. The Morgan fingerprint density at radius 2 is 2.02 bits per heavy atom. The number of aryl methyl sites for hydroxylation is 3. The number of nitrogens with one attached hydrogen (secondary N) is 1. The van der Waals surface area contributed by atoms with Crippen LogP contribution in [-0.2, 0) is 16.1 Å². The van der Waals surface area contributed by atoms with Crippen LogP contribution in [0.25, 0.3) is 16.6 Å². The summed E-state index contributed by atoms with van der Waals surface area (Å²) in [6.07, 6.45) is -1.62.